The molecule has 0 spiro atoms. The zero-order valence-corrected chi connectivity index (χ0v) is 12.3. The van der Waals surface area contributed by atoms with Gasteiger partial charge in [-0.1, -0.05) is 12.8 Å². The number of nitrogens with zero attached hydrogens (tertiary/aromatic N) is 1. The summed E-state index contributed by atoms with van der Waals surface area (Å²) >= 11 is 0. The van der Waals surface area contributed by atoms with Crippen molar-refractivity contribution in [3.05, 3.63) is 0 Å². The van der Waals surface area contributed by atoms with Crippen LogP contribution >= 0.6 is 7.60 Å². The molecule has 108 valence electrons. The van der Waals surface area contributed by atoms with Crippen LogP contribution in [0.25, 0.3) is 0 Å². The Balaban J connectivity index is 3.83. The van der Waals surface area contributed by atoms with Gasteiger partial charge < -0.3 is 19.4 Å². The van der Waals surface area contributed by atoms with Crippen LogP contribution in [0, 0.1) is 0 Å². The third-order valence-corrected chi connectivity index (χ3v) is 3.80. The predicted octanol–water partition coefficient (Wildman–Crippen LogP) is 1.27. The standard InChI is InChI=1S/C11H24NO5P/c1-12(2,3)10(11(13)14)8-6-4-5-7-9-18(15,16)17/h10H,4-9H2,1-3H3,(H2-,13,14,15,16,17)/p+1. The molecule has 3 N–H and O–H groups in total. The molecule has 0 aromatic carbocycles. The SMILES string of the molecule is C[N+](C)(C)C(CCCCCCP(=O)(O)O)C(=O)O. The van der Waals surface area contributed by atoms with Crippen molar-refractivity contribution in [1.29, 1.82) is 0 Å². The Labute approximate surface area is 108 Å². The van der Waals surface area contributed by atoms with Gasteiger partial charge in [0.15, 0.2) is 6.04 Å². The highest BCUT2D eigenvalue weighted by molar-refractivity contribution is 7.51. The highest BCUT2D eigenvalue weighted by Gasteiger charge is 2.30. The summed E-state index contributed by atoms with van der Waals surface area (Å²) in [5.41, 5.74) is 0. The molecule has 0 aliphatic rings. The molecule has 0 aliphatic carbocycles. The van der Waals surface area contributed by atoms with Gasteiger partial charge >= 0.3 is 13.6 Å². The molecule has 0 radical (unpaired) electrons. The summed E-state index contributed by atoms with van der Waals surface area (Å²) in [6.07, 6.45) is 3.32. The van der Waals surface area contributed by atoms with E-state index in [-0.39, 0.29) is 6.16 Å². The lowest BCUT2D eigenvalue weighted by molar-refractivity contribution is -0.887. The van der Waals surface area contributed by atoms with Gasteiger partial charge in [-0.3, -0.25) is 4.57 Å². The lowest BCUT2D eigenvalue weighted by Gasteiger charge is -2.31. The number of hydrogen-bond donors (Lipinski definition) is 3. The molecule has 18 heavy (non-hydrogen) atoms. The van der Waals surface area contributed by atoms with Gasteiger partial charge in [0.2, 0.25) is 0 Å². The Kier molecular flexibility index (Phi) is 7.07. The summed E-state index contributed by atoms with van der Waals surface area (Å²) in [5.74, 6) is -0.794. The number of carboxylic acids is 1. The first-order chi connectivity index (χ1) is 8.04. The van der Waals surface area contributed by atoms with E-state index in [2.05, 4.69) is 0 Å². The Morgan fingerprint density at radius 3 is 2.00 bits per heavy atom. The van der Waals surface area contributed by atoms with E-state index in [1.165, 1.54) is 0 Å². The van der Waals surface area contributed by atoms with E-state index >= 15 is 0 Å². The van der Waals surface area contributed by atoms with Crippen molar-refractivity contribution in [2.24, 2.45) is 0 Å². The molecule has 0 saturated heterocycles. The first-order valence-corrected chi connectivity index (χ1v) is 7.92. The van der Waals surface area contributed by atoms with Crippen LogP contribution in [0.1, 0.15) is 32.1 Å². The third-order valence-electron chi connectivity index (χ3n) is 2.90. The zero-order valence-electron chi connectivity index (χ0n) is 11.4. The highest BCUT2D eigenvalue weighted by Crippen LogP contribution is 2.35. The van der Waals surface area contributed by atoms with Gasteiger partial charge in [-0.2, -0.15) is 0 Å². The van der Waals surface area contributed by atoms with Crippen molar-refractivity contribution in [1.82, 2.24) is 0 Å². The maximum atomic E-state index is 11.1. The van der Waals surface area contributed by atoms with Crippen molar-refractivity contribution in [2.45, 2.75) is 38.1 Å². The van der Waals surface area contributed by atoms with Crippen molar-refractivity contribution in [2.75, 3.05) is 27.3 Å². The fraction of sp³-hybridized carbons (Fsp3) is 0.909. The fourth-order valence-corrected chi connectivity index (χ4v) is 2.49. The van der Waals surface area contributed by atoms with E-state index in [0.29, 0.717) is 17.3 Å². The second kappa shape index (κ2) is 7.24. The Bertz CT molecular complexity index is 307. The molecular formula is C11H25NO5P+. The van der Waals surface area contributed by atoms with Crippen molar-refractivity contribution in [3.63, 3.8) is 0 Å². The molecule has 0 fully saturated rings. The number of likely N-dealkylation sites (N-methyl/N-ethyl adjacent to an activating group) is 1. The Morgan fingerprint density at radius 2 is 1.61 bits per heavy atom. The summed E-state index contributed by atoms with van der Waals surface area (Å²) in [5, 5.41) is 9.10. The summed E-state index contributed by atoms with van der Waals surface area (Å²) in [7, 11) is 1.69. The Morgan fingerprint density at radius 1 is 1.11 bits per heavy atom. The summed E-state index contributed by atoms with van der Waals surface area (Å²) < 4.78 is 11.0. The molecule has 7 heteroatoms. The molecule has 0 saturated carbocycles. The zero-order chi connectivity index (χ0) is 14.4. The Hall–Kier alpha value is -0.420. The number of carbonyl (C=O) groups is 1. The lowest BCUT2D eigenvalue weighted by Crippen LogP contribution is -2.49. The van der Waals surface area contributed by atoms with Gasteiger partial charge in [0.25, 0.3) is 0 Å². The summed E-state index contributed by atoms with van der Waals surface area (Å²) in [6.45, 7) is 0. The van der Waals surface area contributed by atoms with Crippen LogP contribution in [0.15, 0.2) is 0 Å². The first-order valence-electron chi connectivity index (χ1n) is 6.12. The molecule has 0 rings (SSSR count). The second-order valence-electron chi connectivity index (χ2n) is 5.56. The minimum Gasteiger partial charge on any atom is -0.477 e. The molecule has 0 amide bonds. The van der Waals surface area contributed by atoms with Crippen LogP contribution < -0.4 is 0 Å². The van der Waals surface area contributed by atoms with Gasteiger partial charge in [0, 0.05) is 12.6 Å². The number of hydrogen-bond acceptors (Lipinski definition) is 2. The van der Waals surface area contributed by atoms with E-state index in [1.54, 1.807) is 0 Å². The lowest BCUT2D eigenvalue weighted by atomic mass is 10.1. The van der Waals surface area contributed by atoms with E-state index in [4.69, 9.17) is 14.9 Å². The predicted molar refractivity (Wildman–Crippen MR) is 69.5 cm³/mol. The average molecular weight is 282 g/mol. The third kappa shape index (κ3) is 8.64. The highest BCUT2D eigenvalue weighted by atomic mass is 31.2. The number of aliphatic carboxylic acids is 1. The molecule has 1 atom stereocenters. The van der Waals surface area contributed by atoms with E-state index in [9.17, 15) is 9.36 Å². The van der Waals surface area contributed by atoms with E-state index in [0.717, 1.165) is 19.3 Å². The van der Waals surface area contributed by atoms with Crippen LogP contribution in [0.3, 0.4) is 0 Å². The van der Waals surface area contributed by atoms with Gasteiger partial charge in [-0.05, 0) is 12.8 Å². The second-order valence-corrected chi connectivity index (χ2v) is 7.34. The van der Waals surface area contributed by atoms with Crippen LogP contribution in [-0.4, -0.2) is 58.7 Å². The van der Waals surface area contributed by atoms with Gasteiger partial charge in [0.05, 0.1) is 21.1 Å². The molecule has 0 heterocycles. The van der Waals surface area contributed by atoms with E-state index < -0.39 is 19.6 Å². The minimum atomic E-state index is -3.87. The molecule has 0 aliphatic heterocycles. The summed E-state index contributed by atoms with van der Waals surface area (Å²) in [6, 6.07) is -0.424. The molecule has 0 aromatic heterocycles. The smallest absolute Gasteiger partial charge is 0.362 e. The van der Waals surface area contributed by atoms with Crippen molar-refractivity contribution >= 4 is 13.6 Å². The largest absolute Gasteiger partial charge is 0.477 e. The quantitative estimate of drug-likeness (QED) is 0.336. The minimum absolute atomic E-state index is 0.0787. The average Bonchev–Trinajstić information content (AvgIpc) is 2.11. The monoisotopic (exact) mass is 282 g/mol. The van der Waals surface area contributed by atoms with Crippen molar-refractivity contribution < 1.29 is 28.7 Å². The number of rotatable bonds is 9. The van der Waals surface area contributed by atoms with E-state index in [1.807, 2.05) is 21.1 Å². The summed E-state index contributed by atoms with van der Waals surface area (Å²) in [4.78, 5) is 28.4. The molecule has 0 bridgehead atoms. The fourth-order valence-electron chi connectivity index (χ4n) is 1.85. The van der Waals surface area contributed by atoms with Crippen LogP contribution in [-0.2, 0) is 9.36 Å². The molecule has 1 unspecified atom stereocenters. The normalized spacial score (nSPS) is 14.5. The number of unbranched alkanes of at least 4 members (excludes halogenated alkanes) is 3. The topological polar surface area (TPSA) is 94.8 Å². The molecule has 0 aromatic rings. The van der Waals surface area contributed by atoms with Crippen molar-refractivity contribution in [3.8, 4) is 0 Å². The molecular weight excluding hydrogens is 257 g/mol. The maximum Gasteiger partial charge on any atom is 0.362 e. The van der Waals surface area contributed by atoms with Crippen LogP contribution in [0.5, 0.6) is 0 Å². The first kappa shape index (κ1) is 17.6. The van der Waals surface area contributed by atoms with Gasteiger partial charge in [0.1, 0.15) is 0 Å². The number of carboxylic acid groups (broad SMARTS) is 1. The molecule has 6 nitrogen and oxygen atoms in total. The number of quaternary nitrogens is 1. The maximum absolute atomic E-state index is 11.1. The van der Waals surface area contributed by atoms with Gasteiger partial charge in [-0.15, -0.1) is 0 Å². The van der Waals surface area contributed by atoms with Crippen LogP contribution in [0.2, 0.25) is 0 Å². The van der Waals surface area contributed by atoms with Gasteiger partial charge in [-0.25, -0.2) is 4.79 Å². The van der Waals surface area contributed by atoms with Crippen LogP contribution in [0.4, 0.5) is 0 Å².